The molecule has 0 spiro atoms. The second-order valence-corrected chi connectivity index (χ2v) is 9.15. The average molecular weight is 421 g/mol. The minimum absolute atomic E-state index is 0.0282. The third-order valence-corrected chi connectivity index (χ3v) is 7.38. The SMILES string of the molecule is Nc1ccccc1C(=O)Nc1cccc2cc(C(=O)N[C@H]3CN4CCC3CC4)sc12. The summed E-state index contributed by atoms with van der Waals surface area (Å²) >= 11 is 1.41. The van der Waals surface area contributed by atoms with Crippen LogP contribution in [0.2, 0.25) is 0 Å². The van der Waals surface area contributed by atoms with E-state index in [4.69, 9.17) is 5.73 Å². The standard InChI is InChI=1S/C23H24N4O2S/c24-17-6-2-1-5-16(17)22(28)25-18-7-3-4-15-12-20(30-21(15)18)23(29)26-19-13-27-10-8-14(19)9-11-27/h1-7,12,14,19H,8-11,13,24H2,(H,25,28)(H,26,29)/t19-/m0/s1. The van der Waals surface area contributed by atoms with Gasteiger partial charge >= 0.3 is 0 Å². The van der Waals surface area contributed by atoms with Crippen LogP contribution in [0.5, 0.6) is 0 Å². The van der Waals surface area contributed by atoms with E-state index in [2.05, 4.69) is 15.5 Å². The highest BCUT2D eigenvalue weighted by Gasteiger charge is 2.35. The molecule has 3 aromatic rings. The van der Waals surface area contributed by atoms with E-state index in [0.29, 0.717) is 27.7 Å². The Balaban J connectivity index is 1.36. The molecule has 30 heavy (non-hydrogen) atoms. The smallest absolute Gasteiger partial charge is 0.261 e. The number of nitrogens with two attached hydrogens (primary N) is 1. The number of hydrogen-bond acceptors (Lipinski definition) is 5. The lowest BCUT2D eigenvalue weighted by Gasteiger charge is -2.44. The Bertz CT molecular complexity index is 1120. The highest BCUT2D eigenvalue weighted by Crippen LogP contribution is 2.33. The van der Waals surface area contributed by atoms with Crippen LogP contribution in [0.15, 0.2) is 48.5 Å². The first kappa shape index (κ1) is 19.1. The molecule has 6 rings (SSSR count). The van der Waals surface area contributed by atoms with Gasteiger partial charge in [-0.1, -0.05) is 24.3 Å². The van der Waals surface area contributed by atoms with Gasteiger partial charge in [-0.25, -0.2) is 0 Å². The van der Waals surface area contributed by atoms with Gasteiger partial charge in [-0.15, -0.1) is 11.3 Å². The van der Waals surface area contributed by atoms with Crippen molar-refractivity contribution in [3.05, 3.63) is 59.0 Å². The summed E-state index contributed by atoms with van der Waals surface area (Å²) in [6.07, 6.45) is 2.33. The van der Waals surface area contributed by atoms with Gasteiger partial charge in [0.1, 0.15) is 0 Å². The van der Waals surface area contributed by atoms with Crippen LogP contribution >= 0.6 is 11.3 Å². The Morgan fingerprint density at radius 3 is 2.57 bits per heavy atom. The first-order valence-electron chi connectivity index (χ1n) is 10.3. The Hall–Kier alpha value is -2.90. The summed E-state index contributed by atoms with van der Waals surface area (Å²) in [4.78, 5) is 28.7. The number of amides is 2. The quantitative estimate of drug-likeness (QED) is 0.563. The van der Waals surface area contributed by atoms with Gasteiger partial charge in [0.15, 0.2) is 0 Å². The molecule has 3 fully saturated rings. The molecular formula is C23H24N4O2S. The summed E-state index contributed by atoms with van der Waals surface area (Å²) in [5, 5.41) is 7.14. The fourth-order valence-corrected chi connectivity index (χ4v) is 5.57. The monoisotopic (exact) mass is 420 g/mol. The van der Waals surface area contributed by atoms with Crippen LogP contribution in [-0.2, 0) is 0 Å². The highest BCUT2D eigenvalue weighted by atomic mass is 32.1. The maximum Gasteiger partial charge on any atom is 0.261 e. The molecule has 3 aliphatic heterocycles. The largest absolute Gasteiger partial charge is 0.398 e. The normalized spacial score (nSPS) is 22.7. The first-order valence-corrected chi connectivity index (χ1v) is 11.1. The van der Waals surface area contributed by atoms with E-state index in [0.717, 1.165) is 42.6 Å². The van der Waals surface area contributed by atoms with E-state index in [1.165, 1.54) is 11.3 Å². The lowest BCUT2D eigenvalue weighted by molar-refractivity contribution is 0.0622. The number of rotatable bonds is 4. The number of nitrogens with one attached hydrogen (secondary N) is 2. The van der Waals surface area contributed by atoms with Crippen molar-refractivity contribution >= 4 is 44.6 Å². The van der Waals surface area contributed by atoms with Crippen molar-refractivity contribution in [2.75, 3.05) is 30.7 Å². The Kier molecular flexibility index (Phi) is 4.92. The number of fused-ring (bicyclic) bond motifs is 4. The third kappa shape index (κ3) is 3.55. The topological polar surface area (TPSA) is 87.5 Å². The van der Waals surface area contributed by atoms with Crippen molar-refractivity contribution in [3.63, 3.8) is 0 Å². The fraction of sp³-hybridized carbons (Fsp3) is 0.304. The van der Waals surface area contributed by atoms with Crippen molar-refractivity contribution in [1.29, 1.82) is 0 Å². The Morgan fingerprint density at radius 1 is 1.03 bits per heavy atom. The van der Waals surface area contributed by atoms with Gasteiger partial charge in [-0.05, 0) is 61.5 Å². The lowest BCUT2D eigenvalue weighted by atomic mass is 9.84. The molecular weight excluding hydrogens is 396 g/mol. The number of nitrogens with zero attached hydrogens (tertiary/aromatic N) is 1. The summed E-state index contributed by atoms with van der Waals surface area (Å²) in [5.41, 5.74) is 7.49. The predicted molar refractivity (Wildman–Crippen MR) is 121 cm³/mol. The van der Waals surface area contributed by atoms with E-state index >= 15 is 0 Å². The molecule has 3 aliphatic rings. The van der Waals surface area contributed by atoms with Crippen molar-refractivity contribution < 1.29 is 9.59 Å². The number of carbonyl (C=O) groups is 2. The molecule has 0 aliphatic carbocycles. The molecule has 1 aromatic heterocycles. The number of carbonyl (C=O) groups excluding carboxylic acids is 2. The molecule has 0 unspecified atom stereocenters. The molecule has 1 atom stereocenters. The predicted octanol–water partition coefficient (Wildman–Crippen LogP) is 3.56. The molecule has 2 aromatic carbocycles. The third-order valence-electron chi connectivity index (χ3n) is 6.19. The minimum atomic E-state index is -0.257. The van der Waals surface area contributed by atoms with Gasteiger partial charge in [-0.2, -0.15) is 0 Å². The molecule has 0 saturated carbocycles. The number of thiophene rings is 1. The summed E-state index contributed by atoms with van der Waals surface area (Å²) < 4.78 is 0.888. The van der Waals surface area contributed by atoms with Crippen molar-refractivity contribution in [2.24, 2.45) is 5.92 Å². The second-order valence-electron chi connectivity index (χ2n) is 8.09. The van der Waals surface area contributed by atoms with E-state index in [1.54, 1.807) is 24.3 Å². The number of nitrogen functional groups attached to an aromatic ring is 1. The number of para-hydroxylation sites is 1. The number of anilines is 2. The van der Waals surface area contributed by atoms with Crippen LogP contribution in [-0.4, -0.2) is 42.4 Å². The molecule has 2 amide bonds. The van der Waals surface area contributed by atoms with Gasteiger partial charge in [0.25, 0.3) is 11.8 Å². The first-order chi connectivity index (χ1) is 14.6. The van der Waals surface area contributed by atoms with Gasteiger partial charge in [0.05, 0.1) is 20.8 Å². The lowest BCUT2D eigenvalue weighted by Crippen LogP contribution is -2.57. The van der Waals surface area contributed by atoms with Gasteiger partial charge < -0.3 is 21.3 Å². The van der Waals surface area contributed by atoms with E-state index in [9.17, 15) is 9.59 Å². The molecule has 4 heterocycles. The van der Waals surface area contributed by atoms with Crippen molar-refractivity contribution in [2.45, 2.75) is 18.9 Å². The molecule has 3 saturated heterocycles. The maximum atomic E-state index is 12.9. The summed E-state index contributed by atoms with van der Waals surface area (Å²) in [6, 6.07) is 14.8. The molecule has 7 heteroatoms. The average Bonchev–Trinajstić information content (AvgIpc) is 3.20. The summed E-state index contributed by atoms with van der Waals surface area (Å²) in [6.45, 7) is 3.24. The van der Waals surface area contributed by atoms with Gasteiger partial charge in [-0.3, -0.25) is 9.59 Å². The maximum absolute atomic E-state index is 12.9. The van der Waals surface area contributed by atoms with Crippen LogP contribution < -0.4 is 16.4 Å². The van der Waals surface area contributed by atoms with E-state index in [-0.39, 0.29) is 17.9 Å². The Morgan fingerprint density at radius 2 is 1.83 bits per heavy atom. The molecule has 0 radical (unpaired) electrons. The molecule has 6 nitrogen and oxygen atoms in total. The van der Waals surface area contributed by atoms with Gasteiger partial charge in [0.2, 0.25) is 0 Å². The summed E-state index contributed by atoms with van der Waals surface area (Å²) in [7, 11) is 0. The number of benzene rings is 2. The fourth-order valence-electron chi connectivity index (χ4n) is 4.53. The Labute approximate surface area is 179 Å². The zero-order chi connectivity index (χ0) is 20.7. The van der Waals surface area contributed by atoms with Crippen molar-refractivity contribution in [3.8, 4) is 0 Å². The highest BCUT2D eigenvalue weighted by molar-refractivity contribution is 7.21. The summed E-state index contributed by atoms with van der Waals surface area (Å²) in [5.74, 6) is 0.298. The van der Waals surface area contributed by atoms with Gasteiger partial charge in [0, 0.05) is 18.3 Å². The zero-order valence-corrected chi connectivity index (χ0v) is 17.4. The number of piperidine rings is 3. The second kappa shape index (κ2) is 7.74. The van der Waals surface area contributed by atoms with Crippen LogP contribution in [0.4, 0.5) is 11.4 Å². The van der Waals surface area contributed by atoms with Crippen LogP contribution in [0.1, 0.15) is 32.9 Å². The van der Waals surface area contributed by atoms with Crippen LogP contribution in [0.3, 0.4) is 0 Å². The molecule has 154 valence electrons. The van der Waals surface area contributed by atoms with E-state index in [1.807, 2.05) is 24.3 Å². The minimum Gasteiger partial charge on any atom is -0.398 e. The van der Waals surface area contributed by atoms with Crippen molar-refractivity contribution in [1.82, 2.24) is 10.2 Å². The molecule has 2 bridgehead atoms. The van der Waals surface area contributed by atoms with E-state index < -0.39 is 0 Å². The molecule has 4 N–H and O–H groups in total. The van der Waals surface area contributed by atoms with Crippen LogP contribution in [0.25, 0.3) is 10.1 Å². The van der Waals surface area contributed by atoms with Crippen LogP contribution in [0, 0.1) is 5.92 Å². The zero-order valence-electron chi connectivity index (χ0n) is 16.6. The number of hydrogen-bond donors (Lipinski definition) is 3.